The highest BCUT2D eigenvalue weighted by molar-refractivity contribution is 9.10. The fraction of sp³-hybridized carbons (Fsp3) is 0.467. The number of ether oxygens (including phenoxy) is 1. The summed E-state index contributed by atoms with van der Waals surface area (Å²) in [5.74, 6) is -3.81. The van der Waals surface area contributed by atoms with Gasteiger partial charge in [0, 0.05) is 13.0 Å². The third-order valence-corrected chi connectivity index (χ3v) is 4.88. The molecule has 1 fully saturated rings. The van der Waals surface area contributed by atoms with Crippen molar-refractivity contribution in [3.05, 3.63) is 27.2 Å². The third-order valence-electron chi connectivity index (χ3n) is 3.94. The van der Waals surface area contributed by atoms with Crippen LogP contribution in [0.1, 0.15) is 42.1 Å². The van der Waals surface area contributed by atoms with Crippen LogP contribution in [0.15, 0.2) is 4.47 Å². The van der Waals surface area contributed by atoms with Crippen LogP contribution in [0.5, 0.6) is 0 Å². The number of nitrogens with zero attached hydrogens (tertiary/aromatic N) is 1. The highest BCUT2D eigenvalue weighted by atomic mass is 79.9. The monoisotopic (exact) mass is 375 g/mol. The zero-order valence-electron chi connectivity index (χ0n) is 12.5. The number of amides is 1. The smallest absolute Gasteiger partial charge is 0.343 e. The molecule has 0 saturated heterocycles. The van der Waals surface area contributed by atoms with Crippen molar-refractivity contribution in [2.24, 2.45) is 0 Å². The molecule has 4 nitrogen and oxygen atoms in total. The normalized spacial score (nSPS) is 14.5. The van der Waals surface area contributed by atoms with Crippen molar-refractivity contribution in [1.29, 1.82) is 0 Å². The van der Waals surface area contributed by atoms with Gasteiger partial charge >= 0.3 is 5.97 Å². The molecule has 0 atom stereocenters. The maximum Gasteiger partial charge on any atom is 0.343 e. The van der Waals surface area contributed by atoms with Gasteiger partial charge in [0.15, 0.2) is 11.6 Å². The first-order valence-corrected chi connectivity index (χ1v) is 7.65. The molecule has 2 rings (SSSR count). The number of halogens is 3. The molecule has 0 aliphatic heterocycles. The molecule has 1 aliphatic rings. The van der Waals surface area contributed by atoms with Gasteiger partial charge in [0.25, 0.3) is 0 Å². The van der Waals surface area contributed by atoms with Crippen molar-refractivity contribution < 1.29 is 23.1 Å². The Hall–Kier alpha value is -1.50. The van der Waals surface area contributed by atoms with Crippen molar-refractivity contribution in [1.82, 2.24) is 0 Å². The van der Waals surface area contributed by atoms with Crippen LogP contribution < -0.4 is 4.90 Å². The molecule has 1 aliphatic carbocycles. The van der Waals surface area contributed by atoms with Crippen LogP contribution in [0, 0.1) is 18.6 Å². The molecule has 1 aromatic carbocycles. The molecule has 0 bridgehead atoms. The summed E-state index contributed by atoms with van der Waals surface area (Å²) < 4.78 is 32.7. The Morgan fingerprint density at radius 3 is 2.27 bits per heavy atom. The lowest BCUT2D eigenvalue weighted by atomic mass is 9.89. The van der Waals surface area contributed by atoms with Crippen molar-refractivity contribution >= 4 is 33.5 Å². The van der Waals surface area contributed by atoms with Crippen LogP contribution in [-0.2, 0) is 9.53 Å². The van der Waals surface area contributed by atoms with E-state index in [0.29, 0.717) is 5.56 Å². The topological polar surface area (TPSA) is 46.6 Å². The van der Waals surface area contributed by atoms with E-state index in [0.717, 1.165) is 26.4 Å². The molecule has 0 aromatic heterocycles. The molecule has 0 spiro atoms. The number of methoxy groups -OCH3 is 1. The second kappa shape index (κ2) is 6.32. The van der Waals surface area contributed by atoms with Gasteiger partial charge in [-0.1, -0.05) is 0 Å². The summed E-state index contributed by atoms with van der Waals surface area (Å²) in [7, 11) is 1.09. The maximum atomic E-state index is 14.3. The van der Waals surface area contributed by atoms with Crippen LogP contribution in [-0.4, -0.2) is 25.0 Å². The quantitative estimate of drug-likeness (QED) is 0.597. The molecule has 1 amide bonds. The summed E-state index contributed by atoms with van der Waals surface area (Å²) >= 11 is 2.99. The SMILES string of the molecule is COC(=O)c1c(F)c(F)c(Br)c(C)c1N(C(C)=O)C1CCC1. The van der Waals surface area contributed by atoms with Gasteiger partial charge in [-0.2, -0.15) is 0 Å². The van der Waals surface area contributed by atoms with E-state index in [1.54, 1.807) is 0 Å². The largest absolute Gasteiger partial charge is 0.465 e. The Bertz CT molecular complexity index is 644. The van der Waals surface area contributed by atoms with Crippen molar-refractivity contribution in [3.63, 3.8) is 0 Å². The van der Waals surface area contributed by atoms with Gasteiger partial charge in [-0.15, -0.1) is 0 Å². The molecular formula is C15H16BrF2NO3. The van der Waals surface area contributed by atoms with Crippen molar-refractivity contribution in [2.75, 3.05) is 12.0 Å². The summed E-state index contributed by atoms with van der Waals surface area (Å²) in [4.78, 5) is 25.4. The van der Waals surface area contributed by atoms with Crippen LogP contribution >= 0.6 is 15.9 Å². The van der Waals surface area contributed by atoms with Gasteiger partial charge in [-0.05, 0) is 47.7 Å². The predicted molar refractivity (Wildman–Crippen MR) is 80.9 cm³/mol. The van der Waals surface area contributed by atoms with Gasteiger partial charge < -0.3 is 9.64 Å². The first kappa shape index (κ1) is 16.9. The maximum absolute atomic E-state index is 14.3. The lowest BCUT2D eigenvalue weighted by molar-refractivity contribution is -0.117. The van der Waals surface area contributed by atoms with Crippen LogP contribution in [0.2, 0.25) is 0 Å². The predicted octanol–water partition coefficient (Wildman–Crippen LogP) is 3.73. The molecular weight excluding hydrogens is 360 g/mol. The van der Waals surface area contributed by atoms with Crippen molar-refractivity contribution in [3.8, 4) is 0 Å². The number of anilines is 1. The molecule has 0 heterocycles. The zero-order chi connectivity index (χ0) is 16.6. The zero-order valence-corrected chi connectivity index (χ0v) is 14.1. The minimum absolute atomic E-state index is 0.0785. The van der Waals surface area contributed by atoms with E-state index in [1.165, 1.54) is 18.7 Å². The molecule has 120 valence electrons. The summed E-state index contributed by atoms with van der Waals surface area (Å²) in [5.41, 5.74) is -0.168. The Labute approximate surface area is 135 Å². The number of benzene rings is 1. The van der Waals surface area contributed by atoms with Gasteiger partial charge in [0.05, 0.1) is 17.3 Å². The third kappa shape index (κ3) is 2.62. The highest BCUT2D eigenvalue weighted by Gasteiger charge is 2.36. The van der Waals surface area contributed by atoms with E-state index in [1.807, 2.05) is 0 Å². The molecule has 0 N–H and O–H groups in total. The Kier molecular flexibility index (Phi) is 4.84. The molecule has 0 radical (unpaired) electrons. The molecule has 7 heteroatoms. The molecule has 1 saturated carbocycles. The minimum Gasteiger partial charge on any atom is -0.465 e. The first-order chi connectivity index (χ1) is 10.3. The number of rotatable bonds is 3. The van der Waals surface area contributed by atoms with Gasteiger partial charge in [0.2, 0.25) is 5.91 Å². The van der Waals surface area contributed by atoms with E-state index in [2.05, 4.69) is 20.7 Å². The minimum atomic E-state index is -1.31. The van der Waals surface area contributed by atoms with E-state index in [4.69, 9.17) is 0 Å². The van der Waals surface area contributed by atoms with Crippen molar-refractivity contribution in [2.45, 2.75) is 39.2 Å². The first-order valence-electron chi connectivity index (χ1n) is 6.86. The number of esters is 1. The fourth-order valence-electron chi connectivity index (χ4n) is 2.60. The molecule has 0 unspecified atom stereocenters. The summed E-state index contributed by atoms with van der Waals surface area (Å²) in [6, 6.07) is -0.114. The van der Waals surface area contributed by atoms with E-state index in [9.17, 15) is 18.4 Å². The fourth-order valence-corrected chi connectivity index (χ4v) is 2.96. The standard InChI is InChI=1S/C15H16BrF2NO3/c1-7-11(16)13(18)12(17)10(15(21)22-3)14(7)19(8(2)20)9-5-4-6-9/h9H,4-6H2,1-3H3. The van der Waals surface area contributed by atoms with Gasteiger partial charge in [-0.3, -0.25) is 4.79 Å². The van der Waals surface area contributed by atoms with Crippen LogP contribution in [0.4, 0.5) is 14.5 Å². The Morgan fingerprint density at radius 1 is 1.27 bits per heavy atom. The average molecular weight is 376 g/mol. The summed E-state index contributed by atoms with van der Waals surface area (Å²) in [5, 5.41) is 0. The lowest BCUT2D eigenvalue weighted by Gasteiger charge is -2.38. The number of hydrogen-bond donors (Lipinski definition) is 0. The Balaban J connectivity index is 2.76. The summed E-state index contributed by atoms with van der Waals surface area (Å²) in [6.45, 7) is 2.87. The second-order valence-electron chi connectivity index (χ2n) is 5.26. The Morgan fingerprint density at radius 2 is 1.86 bits per heavy atom. The molecule has 1 aromatic rings. The lowest BCUT2D eigenvalue weighted by Crippen LogP contribution is -2.44. The number of carbonyl (C=O) groups excluding carboxylic acids is 2. The number of hydrogen-bond acceptors (Lipinski definition) is 3. The number of carbonyl (C=O) groups is 2. The summed E-state index contributed by atoms with van der Waals surface area (Å²) in [6.07, 6.45) is 2.47. The van der Waals surface area contributed by atoms with Crippen LogP contribution in [0.25, 0.3) is 0 Å². The van der Waals surface area contributed by atoms with E-state index < -0.39 is 23.2 Å². The average Bonchev–Trinajstić information content (AvgIpc) is 2.43. The van der Waals surface area contributed by atoms with Gasteiger partial charge in [0.1, 0.15) is 5.56 Å². The highest BCUT2D eigenvalue weighted by Crippen LogP contribution is 2.40. The van der Waals surface area contributed by atoms with Crippen LogP contribution in [0.3, 0.4) is 0 Å². The second-order valence-corrected chi connectivity index (χ2v) is 6.05. The molecule has 22 heavy (non-hydrogen) atoms. The van der Waals surface area contributed by atoms with E-state index in [-0.39, 0.29) is 22.1 Å². The van der Waals surface area contributed by atoms with Gasteiger partial charge in [-0.25, -0.2) is 13.6 Å². The van der Waals surface area contributed by atoms with E-state index >= 15 is 0 Å².